The van der Waals surface area contributed by atoms with Crippen molar-refractivity contribution in [3.63, 3.8) is 0 Å². The molecule has 1 N–H and O–H groups in total. The lowest BCUT2D eigenvalue weighted by atomic mass is 9.93. The Morgan fingerprint density at radius 2 is 2.07 bits per heavy atom. The zero-order chi connectivity index (χ0) is 18.8. The van der Waals surface area contributed by atoms with Gasteiger partial charge in [-0.25, -0.2) is 9.97 Å². The molecule has 4 rings (SSSR count). The van der Waals surface area contributed by atoms with E-state index in [4.69, 9.17) is 9.47 Å². The van der Waals surface area contributed by atoms with Crippen molar-refractivity contribution in [1.82, 2.24) is 25.1 Å². The van der Waals surface area contributed by atoms with Gasteiger partial charge in [-0.3, -0.25) is 9.89 Å². The summed E-state index contributed by atoms with van der Waals surface area (Å²) in [6.07, 6.45) is 5.16. The third-order valence-electron chi connectivity index (χ3n) is 4.97. The minimum Gasteiger partial charge on any atom is -0.493 e. The molecule has 1 atom stereocenters. The number of carbonyl (C=O) groups is 1. The van der Waals surface area contributed by atoms with Gasteiger partial charge in [-0.1, -0.05) is 6.07 Å². The van der Waals surface area contributed by atoms with Crippen LogP contribution in [0.4, 0.5) is 0 Å². The van der Waals surface area contributed by atoms with Crippen molar-refractivity contribution in [2.75, 3.05) is 27.3 Å². The highest BCUT2D eigenvalue weighted by atomic mass is 16.5. The van der Waals surface area contributed by atoms with Gasteiger partial charge in [0.05, 0.1) is 25.5 Å². The van der Waals surface area contributed by atoms with E-state index in [1.807, 2.05) is 4.90 Å². The van der Waals surface area contributed by atoms with E-state index >= 15 is 0 Å². The van der Waals surface area contributed by atoms with Gasteiger partial charge >= 0.3 is 0 Å². The van der Waals surface area contributed by atoms with Crippen molar-refractivity contribution in [2.24, 2.45) is 0 Å². The molecule has 0 spiro atoms. The van der Waals surface area contributed by atoms with E-state index in [2.05, 4.69) is 20.2 Å². The maximum absolute atomic E-state index is 13.2. The topological polar surface area (TPSA) is 93.2 Å². The number of aromatic nitrogens is 4. The zero-order valence-electron chi connectivity index (χ0n) is 15.3. The number of ether oxygens (including phenoxy) is 2. The Balaban J connectivity index is 1.61. The average molecular weight is 367 g/mol. The smallest absolute Gasteiger partial charge is 0.257 e. The number of hydrogen-bond acceptors (Lipinski definition) is 6. The van der Waals surface area contributed by atoms with Crippen molar-refractivity contribution < 1.29 is 14.3 Å². The van der Waals surface area contributed by atoms with Crippen LogP contribution in [0.15, 0.2) is 30.6 Å². The van der Waals surface area contributed by atoms with Gasteiger partial charge in [-0.05, 0) is 25.0 Å². The van der Waals surface area contributed by atoms with Gasteiger partial charge in [0.15, 0.2) is 17.1 Å². The second-order valence-electron chi connectivity index (χ2n) is 6.50. The predicted octanol–water partition coefficient (Wildman–Crippen LogP) is 2.39. The molecule has 1 amide bonds. The van der Waals surface area contributed by atoms with Gasteiger partial charge in [0, 0.05) is 31.4 Å². The van der Waals surface area contributed by atoms with Crippen LogP contribution in [0, 0.1) is 0 Å². The minimum atomic E-state index is -0.0645. The Labute approximate surface area is 156 Å². The maximum Gasteiger partial charge on any atom is 0.257 e. The lowest BCUT2D eigenvalue weighted by Gasteiger charge is -2.32. The molecule has 0 aliphatic carbocycles. The molecule has 0 bridgehead atoms. The number of hydrogen-bond donors (Lipinski definition) is 1. The minimum absolute atomic E-state index is 0.0645. The number of methoxy groups -OCH3 is 2. The molecule has 1 fully saturated rings. The summed E-state index contributed by atoms with van der Waals surface area (Å²) in [6, 6.07) is 5.35. The van der Waals surface area contributed by atoms with Crippen molar-refractivity contribution in [2.45, 2.75) is 18.8 Å². The molecular formula is C19H21N5O3. The van der Waals surface area contributed by atoms with E-state index in [0.29, 0.717) is 35.8 Å². The van der Waals surface area contributed by atoms with E-state index in [0.717, 1.165) is 24.1 Å². The summed E-state index contributed by atoms with van der Waals surface area (Å²) in [5.41, 5.74) is 2.82. The zero-order valence-corrected chi connectivity index (χ0v) is 15.3. The molecule has 2 aromatic heterocycles. The third-order valence-corrected chi connectivity index (χ3v) is 4.97. The van der Waals surface area contributed by atoms with Gasteiger partial charge in [0.2, 0.25) is 0 Å². The Hall–Kier alpha value is -3.16. The summed E-state index contributed by atoms with van der Waals surface area (Å²) in [4.78, 5) is 23.6. The first kappa shape index (κ1) is 17.3. The molecule has 140 valence electrons. The number of benzene rings is 1. The highest BCUT2D eigenvalue weighted by molar-refractivity contribution is 5.98. The van der Waals surface area contributed by atoms with E-state index in [9.17, 15) is 4.79 Å². The van der Waals surface area contributed by atoms with Crippen LogP contribution in [-0.4, -0.2) is 58.3 Å². The Morgan fingerprint density at radius 3 is 2.89 bits per heavy atom. The SMILES string of the molecule is COc1cccc(C(=O)N2CCC[C@H](c3[nH]nc4nccnc34)C2)c1OC. The second kappa shape index (κ2) is 7.22. The highest BCUT2D eigenvalue weighted by Crippen LogP contribution is 2.34. The number of carbonyl (C=O) groups excluding carboxylic acids is 1. The van der Waals surface area contributed by atoms with Crippen LogP contribution >= 0.6 is 0 Å². The van der Waals surface area contributed by atoms with Crippen LogP contribution in [0.2, 0.25) is 0 Å². The average Bonchev–Trinajstić information content (AvgIpc) is 3.16. The van der Waals surface area contributed by atoms with Gasteiger partial charge < -0.3 is 14.4 Å². The van der Waals surface area contributed by atoms with E-state index < -0.39 is 0 Å². The van der Waals surface area contributed by atoms with Gasteiger partial charge in [0.1, 0.15) is 5.52 Å². The van der Waals surface area contributed by atoms with Gasteiger partial charge in [-0.15, -0.1) is 0 Å². The molecule has 0 radical (unpaired) electrons. The molecule has 1 aliphatic rings. The normalized spacial score (nSPS) is 17.1. The molecule has 1 saturated heterocycles. The quantitative estimate of drug-likeness (QED) is 0.761. The van der Waals surface area contributed by atoms with E-state index in [1.54, 1.807) is 44.8 Å². The molecule has 3 heterocycles. The first-order valence-electron chi connectivity index (χ1n) is 8.88. The summed E-state index contributed by atoms with van der Waals surface area (Å²) in [5, 5.41) is 7.30. The number of rotatable bonds is 4. The Kier molecular flexibility index (Phi) is 4.62. The number of fused-ring (bicyclic) bond motifs is 1. The van der Waals surface area contributed by atoms with Crippen LogP contribution in [-0.2, 0) is 0 Å². The van der Waals surface area contributed by atoms with Crippen LogP contribution in [0.1, 0.15) is 34.8 Å². The number of H-pyrrole nitrogens is 1. The molecule has 8 nitrogen and oxygen atoms in total. The number of para-hydroxylation sites is 1. The summed E-state index contributed by atoms with van der Waals surface area (Å²) >= 11 is 0. The lowest BCUT2D eigenvalue weighted by molar-refractivity contribution is 0.0702. The maximum atomic E-state index is 13.2. The first-order chi connectivity index (χ1) is 13.2. The largest absolute Gasteiger partial charge is 0.493 e. The summed E-state index contributed by atoms with van der Waals surface area (Å²) in [6.45, 7) is 1.29. The molecular weight excluding hydrogens is 346 g/mol. The number of piperidine rings is 1. The van der Waals surface area contributed by atoms with Crippen LogP contribution in [0.5, 0.6) is 11.5 Å². The van der Waals surface area contributed by atoms with Gasteiger partial charge in [0.25, 0.3) is 5.91 Å². The molecule has 27 heavy (non-hydrogen) atoms. The molecule has 8 heteroatoms. The monoisotopic (exact) mass is 367 g/mol. The third kappa shape index (κ3) is 3.07. The number of amides is 1. The Morgan fingerprint density at radius 1 is 1.22 bits per heavy atom. The fraction of sp³-hybridized carbons (Fsp3) is 0.368. The summed E-state index contributed by atoms with van der Waals surface area (Å²) in [7, 11) is 3.11. The van der Waals surface area contributed by atoms with E-state index in [-0.39, 0.29) is 11.8 Å². The lowest BCUT2D eigenvalue weighted by Crippen LogP contribution is -2.39. The van der Waals surface area contributed by atoms with Crippen LogP contribution < -0.4 is 9.47 Å². The number of likely N-dealkylation sites (tertiary alicyclic amines) is 1. The highest BCUT2D eigenvalue weighted by Gasteiger charge is 2.30. The Bertz CT molecular complexity index is 971. The molecule has 0 unspecified atom stereocenters. The van der Waals surface area contributed by atoms with Gasteiger partial charge in [-0.2, -0.15) is 5.10 Å². The number of aromatic amines is 1. The summed E-state index contributed by atoms with van der Waals surface area (Å²) in [5.74, 6) is 1.09. The second-order valence-corrected chi connectivity index (χ2v) is 6.50. The van der Waals surface area contributed by atoms with Crippen molar-refractivity contribution in [1.29, 1.82) is 0 Å². The predicted molar refractivity (Wildman–Crippen MR) is 99.1 cm³/mol. The van der Waals surface area contributed by atoms with Crippen LogP contribution in [0.3, 0.4) is 0 Å². The molecule has 0 saturated carbocycles. The molecule has 1 aromatic carbocycles. The standard InChI is InChI=1S/C19H21N5O3/c1-26-14-7-3-6-13(17(14)27-2)19(25)24-10-4-5-12(11-24)15-16-18(23-22-15)21-9-8-20-16/h3,6-9,12H,4-5,10-11H2,1-2H3,(H,21,22,23)/t12-/m0/s1. The molecule has 3 aromatic rings. The summed E-state index contributed by atoms with van der Waals surface area (Å²) < 4.78 is 10.7. The fourth-order valence-corrected chi connectivity index (χ4v) is 3.68. The van der Waals surface area contributed by atoms with Crippen molar-refractivity contribution >= 4 is 17.1 Å². The molecule has 1 aliphatic heterocycles. The van der Waals surface area contributed by atoms with Crippen LogP contribution in [0.25, 0.3) is 11.2 Å². The number of nitrogens with one attached hydrogen (secondary N) is 1. The van der Waals surface area contributed by atoms with Crippen molar-refractivity contribution in [3.8, 4) is 11.5 Å². The number of nitrogens with zero attached hydrogens (tertiary/aromatic N) is 4. The van der Waals surface area contributed by atoms with E-state index in [1.165, 1.54) is 0 Å². The fourth-order valence-electron chi connectivity index (χ4n) is 3.68. The van der Waals surface area contributed by atoms with Crippen molar-refractivity contribution in [3.05, 3.63) is 41.9 Å². The first-order valence-corrected chi connectivity index (χ1v) is 8.88.